The molecule has 5 heteroatoms. The molecule has 1 N–H and O–H groups in total. The van der Waals surface area contributed by atoms with Crippen molar-refractivity contribution in [2.75, 3.05) is 7.05 Å². The molecule has 2 rings (SSSR count). The fourth-order valence-corrected chi connectivity index (χ4v) is 2.23. The summed E-state index contributed by atoms with van der Waals surface area (Å²) in [6.45, 7) is 4.12. The van der Waals surface area contributed by atoms with Gasteiger partial charge in [-0.2, -0.15) is 10.2 Å². The van der Waals surface area contributed by atoms with Crippen molar-refractivity contribution >= 4 is 0 Å². The Kier molecular flexibility index (Phi) is 3.02. The van der Waals surface area contributed by atoms with Gasteiger partial charge >= 0.3 is 0 Å². The predicted molar refractivity (Wildman–Crippen MR) is 66.8 cm³/mol. The molecular formula is C12H19N5. The van der Waals surface area contributed by atoms with E-state index in [0.717, 1.165) is 11.4 Å². The lowest BCUT2D eigenvalue weighted by Gasteiger charge is -2.14. The van der Waals surface area contributed by atoms with Gasteiger partial charge in [-0.25, -0.2) is 0 Å². The standard InChI is InChI=1S/C12H19N5/c1-8-11(9(2)17(5)14-8)12(13-3)10-6-7-16(4)15-10/h6-7,12-13H,1-5H3. The van der Waals surface area contributed by atoms with E-state index in [1.165, 1.54) is 11.3 Å². The van der Waals surface area contributed by atoms with Crippen LogP contribution in [0.3, 0.4) is 0 Å². The molecule has 0 aliphatic carbocycles. The number of nitrogens with zero attached hydrogens (tertiary/aromatic N) is 4. The lowest BCUT2D eigenvalue weighted by atomic mass is 10.0. The van der Waals surface area contributed by atoms with Crippen molar-refractivity contribution in [2.45, 2.75) is 19.9 Å². The second-order valence-corrected chi connectivity index (χ2v) is 4.34. The molecule has 2 aromatic heterocycles. The Bertz CT molecular complexity index is 523. The third-order valence-corrected chi connectivity index (χ3v) is 3.17. The van der Waals surface area contributed by atoms with Crippen molar-refractivity contribution < 1.29 is 0 Å². The molecule has 2 aromatic rings. The van der Waals surface area contributed by atoms with E-state index >= 15 is 0 Å². The third-order valence-electron chi connectivity index (χ3n) is 3.17. The maximum Gasteiger partial charge on any atom is 0.0840 e. The molecule has 1 atom stereocenters. The molecule has 5 nitrogen and oxygen atoms in total. The number of hydrogen-bond acceptors (Lipinski definition) is 3. The normalized spacial score (nSPS) is 13.0. The summed E-state index contributed by atoms with van der Waals surface area (Å²) >= 11 is 0. The molecule has 0 aliphatic rings. The predicted octanol–water partition coefficient (Wildman–Crippen LogP) is 1.08. The van der Waals surface area contributed by atoms with E-state index in [9.17, 15) is 0 Å². The van der Waals surface area contributed by atoms with Crippen LogP contribution in [0.5, 0.6) is 0 Å². The zero-order valence-electron chi connectivity index (χ0n) is 11.0. The van der Waals surface area contributed by atoms with Crippen LogP contribution in [-0.2, 0) is 14.1 Å². The van der Waals surface area contributed by atoms with Crippen molar-refractivity contribution in [3.05, 3.63) is 34.9 Å². The highest BCUT2D eigenvalue weighted by molar-refractivity contribution is 5.34. The highest BCUT2D eigenvalue weighted by atomic mass is 15.3. The number of nitrogens with one attached hydrogen (secondary N) is 1. The molecule has 0 saturated heterocycles. The SMILES string of the molecule is CNC(c1ccn(C)n1)c1c(C)nn(C)c1C. The quantitative estimate of drug-likeness (QED) is 0.863. The molecule has 0 aliphatic heterocycles. The van der Waals surface area contributed by atoms with Crippen molar-refractivity contribution in [3.8, 4) is 0 Å². The molecule has 0 bridgehead atoms. The van der Waals surface area contributed by atoms with Gasteiger partial charge in [0.05, 0.1) is 17.4 Å². The first-order valence-corrected chi connectivity index (χ1v) is 5.71. The van der Waals surface area contributed by atoms with Crippen LogP contribution in [0.4, 0.5) is 0 Å². The molecule has 17 heavy (non-hydrogen) atoms. The van der Waals surface area contributed by atoms with Gasteiger partial charge in [0.2, 0.25) is 0 Å². The van der Waals surface area contributed by atoms with Crippen LogP contribution >= 0.6 is 0 Å². The number of aryl methyl sites for hydroxylation is 3. The average molecular weight is 233 g/mol. The van der Waals surface area contributed by atoms with Gasteiger partial charge in [0, 0.05) is 31.5 Å². The maximum atomic E-state index is 4.47. The van der Waals surface area contributed by atoms with E-state index in [1.807, 2.05) is 49.7 Å². The van der Waals surface area contributed by atoms with Crippen LogP contribution in [0, 0.1) is 13.8 Å². The molecule has 1 unspecified atom stereocenters. The first kappa shape index (κ1) is 11.9. The van der Waals surface area contributed by atoms with Gasteiger partial charge in [-0.05, 0) is 27.0 Å². The topological polar surface area (TPSA) is 47.7 Å². The lowest BCUT2D eigenvalue weighted by molar-refractivity contribution is 0.634. The Balaban J connectivity index is 2.49. The van der Waals surface area contributed by atoms with Gasteiger partial charge in [-0.3, -0.25) is 9.36 Å². The molecule has 0 saturated carbocycles. The maximum absolute atomic E-state index is 4.47. The summed E-state index contributed by atoms with van der Waals surface area (Å²) in [6.07, 6.45) is 1.96. The summed E-state index contributed by atoms with van der Waals surface area (Å²) in [6, 6.07) is 2.14. The second kappa shape index (κ2) is 4.33. The monoisotopic (exact) mass is 233 g/mol. The molecule has 0 radical (unpaired) electrons. The zero-order valence-corrected chi connectivity index (χ0v) is 11.0. The summed E-state index contributed by atoms with van der Waals surface area (Å²) in [5.74, 6) is 0. The van der Waals surface area contributed by atoms with Crippen LogP contribution in [0.1, 0.15) is 28.7 Å². The second-order valence-electron chi connectivity index (χ2n) is 4.34. The molecule has 0 amide bonds. The summed E-state index contributed by atoms with van der Waals surface area (Å²) in [5, 5.41) is 12.2. The van der Waals surface area contributed by atoms with E-state index in [4.69, 9.17) is 0 Å². The van der Waals surface area contributed by atoms with E-state index < -0.39 is 0 Å². The molecular weight excluding hydrogens is 214 g/mol. The van der Waals surface area contributed by atoms with Crippen molar-refractivity contribution in [1.29, 1.82) is 0 Å². The molecule has 0 spiro atoms. The Morgan fingerprint density at radius 1 is 1.24 bits per heavy atom. The van der Waals surface area contributed by atoms with Crippen LogP contribution in [-0.4, -0.2) is 26.6 Å². The largest absolute Gasteiger partial charge is 0.308 e. The molecule has 0 fully saturated rings. The minimum absolute atomic E-state index is 0.102. The molecule has 2 heterocycles. The summed E-state index contributed by atoms with van der Waals surface area (Å²) < 4.78 is 3.73. The third kappa shape index (κ3) is 1.98. The Morgan fingerprint density at radius 3 is 2.35 bits per heavy atom. The van der Waals surface area contributed by atoms with Gasteiger partial charge in [0.25, 0.3) is 0 Å². The van der Waals surface area contributed by atoms with E-state index in [-0.39, 0.29) is 6.04 Å². The average Bonchev–Trinajstić information content (AvgIpc) is 2.79. The van der Waals surface area contributed by atoms with Crippen LogP contribution in [0.15, 0.2) is 12.3 Å². The zero-order chi connectivity index (χ0) is 12.6. The van der Waals surface area contributed by atoms with Crippen molar-refractivity contribution in [1.82, 2.24) is 24.9 Å². The summed E-state index contributed by atoms with van der Waals surface area (Å²) in [7, 11) is 5.85. The van der Waals surface area contributed by atoms with Crippen LogP contribution in [0.25, 0.3) is 0 Å². The molecule has 0 aromatic carbocycles. The van der Waals surface area contributed by atoms with Gasteiger partial charge in [0.15, 0.2) is 0 Å². The van der Waals surface area contributed by atoms with Gasteiger partial charge in [-0.1, -0.05) is 0 Å². The van der Waals surface area contributed by atoms with Gasteiger partial charge < -0.3 is 5.32 Å². The Labute approximate surface area is 101 Å². The fraction of sp³-hybridized carbons (Fsp3) is 0.500. The van der Waals surface area contributed by atoms with Gasteiger partial charge in [-0.15, -0.1) is 0 Å². The van der Waals surface area contributed by atoms with Crippen LogP contribution < -0.4 is 5.32 Å². The first-order chi connectivity index (χ1) is 8.04. The highest BCUT2D eigenvalue weighted by Gasteiger charge is 2.22. The van der Waals surface area contributed by atoms with E-state index in [0.29, 0.717) is 0 Å². The minimum atomic E-state index is 0.102. The number of hydrogen-bond donors (Lipinski definition) is 1. The van der Waals surface area contributed by atoms with Crippen molar-refractivity contribution in [2.24, 2.45) is 14.1 Å². The lowest BCUT2D eigenvalue weighted by Crippen LogP contribution is -2.20. The number of rotatable bonds is 3. The fourth-order valence-electron chi connectivity index (χ4n) is 2.23. The van der Waals surface area contributed by atoms with E-state index in [1.54, 1.807) is 0 Å². The number of aromatic nitrogens is 4. The smallest absolute Gasteiger partial charge is 0.0840 e. The van der Waals surface area contributed by atoms with E-state index in [2.05, 4.69) is 22.4 Å². The van der Waals surface area contributed by atoms with Crippen LogP contribution in [0.2, 0.25) is 0 Å². The Morgan fingerprint density at radius 2 is 1.94 bits per heavy atom. The summed E-state index contributed by atoms with van der Waals surface area (Å²) in [5.41, 5.74) is 4.46. The van der Waals surface area contributed by atoms with Gasteiger partial charge in [0.1, 0.15) is 0 Å². The Hall–Kier alpha value is -1.62. The van der Waals surface area contributed by atoms with Crippen molar-refractivity contribution in [3.63, 3.8) is 0 Å². The summed E-state index contributed by atoms with van der Waals surface area (Å²) in [4.78, 5) is 0. The molecule has 92 valence electrons. The minimum Gasteiger partial charge on any atom is -0.308 e. The highest BCUT2D eigenvalue weighted by Crippen LogP contribution is 2.25. The first-order valence-electron chi connectivity index (χ1n) is 5.71.